The lowest BCUT2D eigenvalue weighted by molar-refractivity contribution is -0.917. The lowest BCUT2D eigenvalue weighted by Crippen LogP contribution is -2.58. The molecule has 0 aromatic heterocycles. The van der Waals surface area contributed by atoms with Crippen molar-refractivity contribution in [2.24, 2.45) is 0 Å². The van der Waals surface area contributed by atoms with E-state index in [4.69, 9.17) is 0 Å². The summed E-state index contributed by atoms with van der Waals surface area (Å²) in [6.45, 7) is 8.08. The highest BCUT2D eigenvalue weighted by molar-refractivity contribution is 5.52. The van der Waals surface area contributed by atoms with Gasteiger partial charge in [0.05, 0.1) is 44.8 Å². The Morgan fingerprint density at radius 3 is 2.14 bits per heavy atom. The molecule has 2 heterocycles. The van der Waals surface area contributed by atoms with E-state index in [1.54, 1.807) is 6.92 Å². The van der Waals surface area contributed by atoms with Crippen LogP contribution in [0.4, 0.5) is 18.9 Å². The molecule has 5 heteroatoms. The Labute approximate surface area is 123 Å². The lowest BCUT2D eigenvalue weighted by atomic mass is 10.1. The van der Waals surface area contributed by atoms with Crippen LogP contribution in [0.1, 0.15) is 24.0 Å². The Morgan fingerprint density at radius 1 is 0.952 bits per heavy atom. The molecule has 0 amide bonds. The largest absolute Gasteiger partial charge is 0.416 e. The normalized spacial score (nSPS) is 22.0. The van der Waals surface area contributed by atoms with Gasteiger partial charge in [-0.05, 0) is 30.7 Å². The summed E-state index contributed by atoms with van der Waals surface area (Å²) < 4.78 is 40.0. The van der Waals surface area contributed by atoms with Crippen LogP contribution in [0.15, 0.2) is 18.2 Å². The Morgan fingerprint density at radius 2 is 1.57 bits per heavy atom. The SMILES string of the molecule is Cc1cc(N2CC[N+]3(CCCC3)CC2)cc(C(F)(F)F)c1. The number of quaternary nitrogens is 1. The van der Waals surface area contributed by atoms with E-state index >= 15 is 0 Å². The smallest absolute Gasteiger partial charge is 0.360 e. The molecule has 21 heavy (non-hydrogen) atoms. The van der Waals surface area contributed by atoms with Crippen LogP contribution < -0.4 is 4.90 Å². The average Bonchev–Trinajstić information content (AvgIpc) is 2.86. The molecule has 0 bridgehead atoms. The molecule has 0 N–H and O–H groups in total. The zero-order valence-corrected chi connectivity index (χ0v) is 12.4. The maximum Gasteiger partial charge on any atom is 0.416 e. The van der Waals surface area contributed by atoms with E-state index < -0.39 is 11.7 Å². The van der Waals surface area contributed by atoms with E-state index in [1.807, 2.05) is 6.07 Å². The Hall–Kier alpha value is -1.23. The van der Waals surface area contributed by atoms with E-state index in [2.05, 4.69) is 4.90 Å². The van der Waals surface area contributed by atoms with Crippen LogP contribution in [0.25, 0.3) is 0 Å². The number of piperazine rings is 1. The van der Waals surface area contributed by atoms with Crippen molar-refractivity contribution in [2.45, 2.75) is 25.9 Å². The van der Waals surface area contributed by atoms with Crippen molar-refractivity contribution >= 4 is 5.69 Å². The summed E-state index contributed by atoms with van der Waals surface area (Å²) in [7, 11) is 0. The molecule has 2 fully saturated rings. The summed E-state index contributed by atoms with van der Waals surface area (Å²) in [6, 6.07) is 4.39. The van der Waals surface area contributed by atoms with Crippen molar-refractivity contribution in [2.75, 3.05) is 44.2 Å². The fourth-order valence-electron chi connectivity index (χ4n) is 3.71. The fourth-order valence-corrected chi connectivity index (χ4v) is 3.71. The van der Waals surface area contributed by atoms with E-state index in [0.29, 0.717) is 5.56 Å². The highest BCUT2D eigenvalue weighted by Gasteiger charge is 2.36. The molecular weight excluding hydrogens is 277 g/mol. The first-order chi connectivity index (χ1) is 9.88. The maximum absolute atomic E-state index is 12.9. The summed E-state index contributed by atoms with van der Waals surface area (Å²) in [4.78, 5) is 2.12. The van der Waals surface area contributed by atoms with Crippen LogP contribution in [0.2, 0.25) is 0 Å². The third kappa shape index (κ3) is 3.03. The summed E-state index contributed by atoms with van der Waals surface area (Å²) >= 11 is 0. The van der Waals surface area contributed by atoms with Gasteiger partial charge < -0.3 is 9.38 Å². The monoisotopic (exact) mass is 299 g/mol. The third-order valence-corrected chi connectivity index (χ3v) is 4.96. The number of halogens is 3. The molecule has 2 nitrogen and oxygen atoms in total. The van der Waals surface area contributed by atoms with Gasteiger partial charge in [0.15, 0.2) is 0 Å². The first kappa shape index (κ1) is 14.7. The van der Waals surface area contributed by atoms with Gasteiger partial charge in [-0.2, -0.15) is 13.2 Å². The minimum absolute atomic E-state index is 0.534. The molecule has 3 rings (SSSR count). The predicted octanol–water partition coefficient (Wildman–Crippen LogP) is 3.44. The Kier molecular flexibility index (Phi) is 3.64. The molecular formula is C16H22F3N2+. The molecule has 2 aliphatic rings. The number of aryl methyl sites for hydroxylation is 1. The second kappa shape index (κ2) is 5.20. The van der Waals surface area contributed by atoms with Gasteiger partial charge in [-0.25, -0.2) is 0 Å². The average molecular weight is 299 g/mol. The van der Waals surface area contributed by atoms with Crippen molar-refractivity contribution in [1.29, 1.82) is 0 Å². The van der Waals surface area contributed by atoms with E-state index in [9.17, 15) is 13.2 Å². The lowest BCUT2D eigenvalue weighted by Gasteiger charge is -2.43. The van der Waals surface area contributed by atoms with Crippen molar-refractivity contribution in [3.8, 4) is 0 Å². The van der Waals surface area contributed by atoms with E-state index in [-0.39, 0.29) is 0 Å². The molecule has 0 saturated carbocycles. The zero-order chi connectivity index (χ0) is 15.1. The quantitative estimate of drug-likeness (QED) is 0.718. The van der Waals surface area contributed by atoms with Crippen LogP contribution in [0.3, 0.4) is 0 Å². The van der Waals surface area contributed by atoms with Gasteiger partial charge in [0.25, 0.3) is 0 Å². The second-order valence-corrected chi connectivity index (χ2v) is 6.49. The van der Waals surface area contributed by atoms with Gasteiger partial charge >= 0.3 is 6.18 Å². The number of alkyl halides is 3. The second-order valence-electron chi connectivity index (χ2n) is 6.49. The number of hydrogen-bond acceptors (Lipinski definition) is 1. The minimum Gasteiger partial charge on any atom is -0.360 e. The van der Waals surface area contributed by atoms with Gasteiger partial charge in [0, 0.05) is 18.5 Å². The molecule has 0 radical (unpaired) electrons. The van der Waals surface area contributed by atoms with Gasteiger partial charge in [-0.15, -0.1) is 0 Å². The number of rotatable bonds is 1. The summed E-state index contributed by atoms with van der Waals surface area (Å²) in [5.41, 5.74) is 0.864. The van der Waals surface area contributed by atoms with Crippen LogP contribution in [-0.2, 0) is 6.18 Å². The molecule has 0 unspecified atom stereocenters. The highest BCUT2D eigenvalue weighted by Crippen LogP contribution is 2.33. The fraction of sp³-hybridized carbons (Fsp3) is 0.625. The summed E-state index contributed by atoms with van der Waals surface area (Å²) in [5, 5.41) is 0. The van der Waals surface area contributed by atoms with Crippen LogP contribution in [0.5, 0.6) is 0 Å². The van der Waals surface area contributed by atoms with Crippen molar-refractivity contribution in [3.63, 3.8) is 0 Å². The van der Waals surface area contributed by atoms with Gasteiger partial charge in [-0.3, -0.25) is 0 Å². The first-order valence-electron chi connectivity index (χ1n) is 7.67. The molecule has 116 valence electrons. The Balaban J connectivity index is 1.77. The molecule has 0 atom stereocenters. The number of anilines is 1. The highest BCUT2D eigenvalue weighted by atomic mass is 19.4. The standard InChI is InChI=1S/C16H22F3N2/c1-13-10-14(16(17,18)19)12-15(11-13)20-4-8-21(9-5-20)6-2-3-7-21/h10-12H,2-9H2,1H3/q+1. The molecule has 1 spiro atoms. The minimum atomic E-state index is -4.26. The van der Waals surface area contributed by atoms with Crippen LogP contribution in [0, 0.1) is 6.92 Å². The molecule has 1 aromatic carbocycles. The molecule has 1 aromatic rings. The number of benzene rings is 1. The number of hydrogen-bond donors (Lipinski definition) is 0. The molecule has 0 aliphatic carbocycles. The predicted molar refractivity (Wildman–Crippen MR) is 77.4 cm³/mol. The summed E-state index contributed by atoms with van der Waals surface area (Å²) in [6.07, 6.45) is -1.68. The summed E-state index contributed by atoms with van der Waals surface area (Å²) in [5.74, 6) is 0. The van der Waals surface area contributed by atoms with Gasteiger partial charge in [0.2, 0.25) is 0 Å². The van der Waals surface area contributed by atoms with Gasteiger partial charge in [-0.1, -0.05) is 0 Å². The first-order valence-corrected chi connectivity index (χ1v) is 7.67. The Bertz CT molecular complexity index is 509. The van der Waals surface area contributed by atoms with Crippen molar-refractivity contribution in [3.05, 3.63) is 29.3 Å². The van der Waals surface area contributed by atoms with Gasteiger partial charge in [0.1, 0.15) is 0 Å². The maximum atomic E-state index is 12.9. The number of nitrogens with zero attached hydrogens (tertiary/aromatic N) is 2. The van der Waals surface area contributed by atoms with E-state index in [0.717, 1.165) is 31.9 Å². The topological polar surface area (TPSA) is 3.24 Å². The van der Waals surface area contributed by atoms with Crippen LogP contribution in [-0.4, -0.2) is 43.8 Å². The molecule has 2 saturated heterocycles. The van der Waals surface area contributed by atoms with E-state index in [1.165, 1.54) is 42.5 Å². The molecule has 2 aliphatic heterocycles. The van der Waals surface area contributed by atoms with Crippen molar-refractivity contribution in [1.82, 2.24) is 0 Å². The van der Waals surface area contributed by atoms with Crippen molar-refractivity contribution < 1.29 is 17.7 Å². The van der Waals surface area contributed by atoms with Crippen LogP contribution >= 0.6 is 0 Å². The zero-order valence-electron chi connectivity index (χ0n) is 12.4. The third-order valence-electron chi connectivity index (χ3n) is 4.96.